The first-order chi connectivity index (χ1) is 10.5. The Morgan fingerprint density at radius 3 is 2.68 bits per heavy atom. The Hall–Kier alpha value is -2.20. The molecule has 1 aliphatic rings. The van der Waals surface area contributed by atoms with E-state index in [-0.39, 0.29) is 18.6 Å². The molecule has 0 saturated heterocycles. The lowest BCUT2D eigenvalue weighted by Gasteiger charge is -2.42. The van der Waals surface area contributed by atoms with Crippen molar-refractivity contribution in [2.75, 3.05) is 18.4 Å². The average Bonchev–Trinajstić information content (AvgIpc) is 2.44. The van der Waals surface area contributed by atoms with Gasteiger partial charge in [0.05, 0.1) is 12.2 Å². The van der Waals surface area contributed by atoms with Gasteiger partial charge in [-0.2, -0.15) is 10.4 Å². The van der Waals surface area contributed by atoms with E-state index < -0.39 is 5.97 Å². The van der Waals surface area contributed by atoms with Crippen LogP contribution in [0.25, 0.3) is 0 Å². The fraction of sp³-hybridized carbons (Fsp3) is 0.600. The van der Waals surface area contributed by atoms with Crippen molar-refractivity contribution >= 4 is 11.8 Å². The lowest BCUT2D eigenvalue weighted by molar-refractivity contribution is -0.139. The Morgan fingerprint density at radius 2 is 2.14 bits per heavy atom. The summed E-state index contributed by atoms with van der Waals surface area (Å²) in [4.78, 5) is 12.8. The van der Waals surface area contributed by atoms with Crippen LogP contribution in [0, 0.1) is 25.2 Å². The molecule has 22 heavy (non-hydrogen) atoms. The lowest BCUT2D eigenvalue weighted by atomic mass is 9.85. The van der Waals surface area contributed by atoms with Crippen LogP contribution in [0.4, 0.5) is 5.82 Å². The second-order valence-electron chi connectivity index (χ2n) is 5.67. The first-order valence-corrected chi connectivity index (χ1v) is 7.42. The molecule has 0 unspecified atom stereocenters. The Bertz CT molecular complexity index is 605. The van der Waals surface area contributed by atoms with E-state index in [4.69, 9.17) is 5.11 Å². The number of anilines is 1. The fourth-order valence-corrected chi connectivity index (χ4v) is 2.72. The quantitative estimate of drug-likeness (QED) is 0.817. The van der Waals surface area contributed by atoms with Gasteiger partial charge in [-0.15, -0.1) is 5.10 Å². The molecule has 0 atom stereocenters. The van der Waals surface area contributed by atoms with Crippen LogP contribution >= 0.6 is 0 Å². The van der Waals surface area contributed by atoms with Crippen LogP contribution in [-0.4, -0.2) is 51.3 Å². The highest BCUT2D eigenvalue weighted by molar-refractivity contribution is 5.69. The average molecular weight is 303 g/mol. The van der Waals surface area contributed by atoms with Crippen molar-refractivity contribution in [3.63, 3.8) is 0 Å². The maximum absolute atomic E-state index is 10.8. The molecule has 0 amide bonds. The number of aryl methyl sites for hydroxylation is 1. The maximum atomic E-state index is 10.8. The number of nitrogens with one attached hydrogen (secondary N) is 1. The van der Waals surface area contributed by atoms with Crippen molar-refractivity contribution < 1.29 is 9.90 Å². The Balaban J connectivity index is 1.97. The number of hydrogen-bond acceptors (Lipinski definition) is 6. The van der Waals surface area contributed by atoms with Gasteiger partial charge in [-0.3, -0.25) is 9.69 Å². The van der Waals surface area contributed by atoms with E-state index >= 15 is 0 Å². The van der Waals surface area contributed by atoms with E-state index in [1.165, 1.54) is 0 Å². The fourth-order valence-electron chi connectivity index (χ4n) is 2.72. The maximum Gasteiger partial charge on any atom is 0.317 e. The van der Waals surface area contributed by atoms with Crippen LogP contribution in [0.3, 0.4) is 0 Å². The first-order valence-electron chi connectivity index (χ1n) is 7.42. The highest BCUT2D eigenvalue weighted by atomic mass is 16.4. The third kappa shape index (κ3) is 3.34. The standard InChI is InChI=1S/C15H21N5O2/c1-4-20(8-14(21)22)12-5-11(6-12)17-15-13(7-16)9(2)10(3)18-19-15/h11-12H,4-6,8H2,1-3H3,(H,17,19)(H,21,22). The monoisotopic (exact) mass is 303 g/mol. The summed E-state index contributed by atoms with van der Waals surface area (Å²) in [6, 6.07) is 2.65. The van der Waals surface area contributed by atoms with E-state index in [0.29, 0.717) is 11.4 Å². The minimum Gasteiger partial charge on any atom is -0.480 e. The van der Waals surface area contributed by atoms with Gasteiger partial charge >= 0.3 is 5.97 Å². The molecule has 2 N–H and O–H groups in total. The summed E-state index contributed by atoms with van der Waals surface area (Å²) < 4.78 is 0. The van der Waals surface area contributed by atoms with Crippen molar-refractivity contribution in [3.8, 4) is 6.07 Å². The molecule has 0 radical (unpaired) electrons. The topological polar surface area (TPSA) is 102 Å². The summed E-state index contributed by atoms with van der Waals surface area (Å²) in [7, 11) is 0. The van der Waals surface area contributed by atoms with Gasteiger partial charge in [0.2, 0.25) is 0 Å². The molecule has 1 aromatic rings. The number of carboxylic acids is 1. The van der Waals surface area contributed by atoms with Gasteiger partial charge in [0, 0.05) is 12.1 Å². The number of aliphatic carboxylic acids is 1. The predicted octanol–water partition coefficient (Wildman–Crippen LogP) is 1.31. The van der Waals surface area contributed by atoms with Crippen molar-refractivity contribution in [1.82, 2.24) is 15.1 Å². The Morgan fingerprint density at radius 1 is 1.45 bits per heavy atom. The molecule has 0 bridgehead atoms. The summed E-state index contributed by atoms with van der Waals surface area (Å²) in [5.74, 6) is -0.277. The number of hydrogen-bond donors (Lipinski definition) is 2. The number of likely N-dealkylation sites (N-methyl/N-ethyl adjacent to an activating group) is 1. The molecule has 7 heteroatoms. The number of nitrogens with zero attached hydrogens (tertiary/aromatic N) is 4. The first kappa shape index (κ1) is 16.2. The number of aromatic nitrogens is 2. The molecule has 2 rings (SSSR count). The summed E-state index contributed by atoms with van der Waals surface area (Å²) in [5, 5.41) is 29.6. The minimum absolute atomic E-state index is 0.0702. The van der Waals surface area contributed by atoms with Gasteiger partial charge < -0.3 is 10.4 Å². The largest absolute Gasteiger partial charge is 0.480 e. The molecule has 1 saturated carbocycles. The molecule has 0 aromatic carbocycles. The molecule has 1 aliphatic carbocycles. The molecule has 118 valence electrons. The van der Waals surface area contributed by atoms with Crippen LogP contribution in [0.15, 0.2) is 0 Å². The van der Waals surface area contributed by atoms with Crippen molar-refractivity contribution in [3.05, 3.63) is 16.8 Å². The molecule has 0 spiro atoms. The van der Waals surface area contributed by atoms with Crippen molar-refractivity contribution in [1.29, 1.82) is 5.26 Å². The molecular formula is C15H21N5O2. The Kier molecular flexibility index (Phi) is 4.93. The minimum atomic E-state index is -0.801. The summed E-state index contributed by atoms with van der Waals surface area (Å²) in [5.41, 5.74) is 2.14. The zero-order valence-corrected chi connectivity index (χ0v) is 13.1. The van der Waals surface area contributed by atoms with Gasteiger partial charge in [0.1, 0.15) is 11.6 Å². The lowest BCUT2D eigenvalue weighted by Crippen LogP contribution is -2.51. The van der Waals surface area contributed by atoms with E-state index in [0.717, 1.165) is 30.6 Å². The zero-order valence-electron chi connectivity index (χ0n) is 13.1. The van der Waals surface area contributed by atoms with Crippen LogP contribution in [0.1, 0.15) is 36.6 Å². The van der Waals surface area contributed by atoms with Crippen LogP contribution in [0.5, 0.6) is 0 Å². The van der Waals surface area contributed by atoms with Gasteiger partial charge in [-0.1, -0.05) is 6.92 Å². The molecule has 1 fully saturated rings. The number of nitriles is 1. The van der Waals surface area contributed by atoms with Gasteiger partial charge in [-0.25, -0.2) is 0 Å². The summed E-state index contributed by atoms with van der Waals surface area (Å²) in [6.07, 6.45) is 1.70. The third-order valence-electron chi connectivity index (χ3n) is 4.28. The van der Waals surface area contributed by atoms with E-state index in [2.05, 4.69) is 21.6 Å². The Labute approximate surface area is 130 Å². The van der Waals surface area contributed by atoms with Crippen LogP contribution < -0.4 is 5.32 Å². The third-order valence-corrected chi connectivity index (χ3v) is 4.28. The van der Waals surface area contributed by atoms with E-state index in [9.17, 15) is 10.1 Å². The second kappa shape index (κ2) is 6.71. The molecular weight excluding hydrogens is 282 g/mol. The molecule has 7 nitrogen and oxygen atoms in total. The van der Waals surface area contributed by atoms with Crippen LogP contribution in [-0.2, 0) is 4.79 Å². The molecule has 1 heterocycles. The van der Waals surface area contributed by atoms with Crippen molar-refractivity contribution in [2.24, 2.45) is 0 Å². The normalized spacial score (nSPS) is 20.3. The van der Waals surface area contributed by atoms with Crippen molar-refractivity contribution in [2.45, 2.75) is 45.7 Å². The van der Waals surface area contributed by atoms with Crippen LogP contribution in [0.2, 0.25) is 0 Å². The zero-order chi connectivity index (χ0) is 16.3. The summed E-state index contributed by atoms with van der Waals surface area (Å²) in [6.45, 7) is 6.45. The number of carboxylic acid groups (broad SMARTS) is 1. The highest BCUT2D eigenvalue weighted by Gasteiger charge is 2.34. The summed E-state index contributed by atoms with van der Waals surface area (Å²) >= 11 is 0. The van der Waals surface area contributed by atoms with Gasteiger partial charge in [0.25, 0.3) is 0 Å². The smallest absolute Gasteiger partial charge is 0.317 e. The number of carbonyl (C=O) groups is 1. The predicted molar refractivity (Wildman–Crippen MR) is 81.5 cm³/mol. The SMILES string of the molecule is CCN(CC(=O)O)C1CC(Nc2nnc(C)c(C)c2C#N)C1. The molecule has 0 aliphatic heterocycles. The van der Waals surface area contributed by atoms with E-state index in [1.54, 1.807) is 0 Å². The second-order valence-corrected chi connectivity index (χ2v) is 5.67. The highest BCUT2D eigenvalue weighted by Crippen LogP contribution is 2.29. The number of rotatable bonds is 6. The van der Waals surface area contributed by atoms with Gasteiger partial charge in [0.15, 0.2) is 5.82 Å². The van der Waals surface area contributed by atoms with Gasteiger partial charge in [-0.05, 0) is 38.8 Å². The van der Waals surface area contributed by atoms with E-state index in [1.807, 2.05) is 25.7 Å². The molecule has 1 aromatic heterocycles.